The van der Waals surface area contributed by atoms with Crippen LogP contribution in [0.3, 0.4) is 0 Å². The van der Waals surface area contributed by atoms with Gasteiger partial charge in [0, 0.05) is 19.2 Å². The molecule has 1 amide bonds. The Labute approximate surface area is 148 Å². The summed E-state index contributed by atoms with van der Waals surface area (Å²) < 4.78 is 7.33. The Bertz CT molecular complexity index is 703. The predicted octanol–water partition coefficient (Wildman–Crippen LogP) is 3.56. The first-order valence-corrected chi connectivity index (χ1v) is 8.85. The van der Waals surface area contributed by atoms with Gasteiger partial charge >= 0.3 is 6.09 Å². The normalized spacial score (nSPS) is 15.6. The second kappa shape index (κ2) is 7.59. The van der Waals surface area contributed by atoms with E-state index in [1.165, 1.54) is 0 Å². The quantitative estimate of drug-likeness (QED) is 0.922. The number of likely N-dealkylation sites (tertiary alicyclic amines) is 1. The molecule has 0 aliphatic carbocycles. The highest BCUT2D eigenvalue weighted by Crippen LogP contribution is 2.27. The van der Waals surface area contributed by atoms with E-state index in [9.17, 15) is 4.79 Å². The molecule has 6 heteroatoms. The molecule has 1 aromatic heterocycles. The van der Waals surface area contributed by atoms with Crippen LogP contribution in [0.15, 0.2) is 36.4 Å². The van der Waals surface area contributed by atoms with Crippen LogP contribution in [-0.4, -0.2) is 33.9 Å². The zero-order valence-corrected chi connectivity index (χ0v) is 14.9. The SMILES string of the molecule is CC(C)c1cc(N)n(C2CCN(C(=O)OCc3ccccc3)CC2)n1. The molecule has 1 aromatic carbocycles. The average molecular weight is 342 g/mol. The van der Waals surface area contributed by atoms with Crippen LogP contribution < -0.4 is 5.73 Å². The number of nitrogen functional groups attached to an aromatic ring is 1. The maximum absolute atomic E-state index is 12.2. The summed E-state index contributed by atoms with van der Waals surface area (Å²) in [5.74, 6) is 1.06. The Morgan fingerprint density at radius 1 is 1.28 bits per heavy atom. The lowest BCUT2D eigenvalue weighted by atomic mass is 10.1. The molecule has 1 aliphatic rings. The summed E-state index contributed by atoms with van der Waals surface area (Å²) in [5, 5.41) is 4.64. The van der Waals surface area contributed by atoms with E-state index < -0.39 is 0 Å². The number of piperidine rings is 1. The summed E-state index contributed by atoms with van der Waals surface area (Å²) >= 11 is 0. The lowest BCUT2D eigenvalue weighted by Gasteiger charge is -2.31. The van der Waals surface area contributed by atoms with Gasteiger partial charge in [-0.1, -0.05) is 44.2 Å². The first-order chi connectivity index (χ1) is 12.0. The molecule has 1 aliphatic heterocycles. The number of benzene rings is 1. The van der Waals surface area contributed by atoms with Gasteiger partial charge in [-0.25, -0.2) is 9.48 Å². The van der Waals surface area contributed by atoms with Gasteiger partial charge in [-0.15, -0.1) is 0 Å². The number of carbonyl (C=O) groups is 1. The minimum atomic E-state index is -0.251. The first kappa shape index (κ1) is 17.3. The molecular weight excluding hydrogens is 316 g/mol. The molecule has 25 heavy (non-hydrogen) atoms. The smallest absolute Gasteiger partial charge is 0.410 e. The third-order valence-electron chi connectivity index (χ3n) is 4.65. The largest absolute Gasteiger partial charge is 0.445 e. The zero-order valence-electron chi connectivity index (χ0n) is 14.9. The summed E-state index contributed by atoms with van der Waals surface area (Å²) in [7, 11) is 0. The van der Waals surface area contributed by atoms with E-state index in [1.807, 2.05) is 41.1 Å². The molecule has 0 unspecified atom stereocenters. The van der Waals surface area contributed by atoms with E-state index in [2.05, 4.69) is 18.9 Å². The summed E-state index contributed by atoms with van der Waals surface area (Å²) in [6.45, 7) is 5.85. The van der Waals surface area contributed by atoms with Crippen LogP contribution in [0, 0.1) is 0 Å². The number of carbonyl (C=O) groups excluding carboxylic acids is 1. The van der Waals surface area contributed by atoms with Gasteiger partial charge in [0.15, 0.2) is 0 Å². The number of ether oxygens (including phenoxy) is 1. The van der Waals surface area contributed by atoms with Crippen LogP contribution >= 0.6 is 0 Å². The minimum absolute atomic E-state index is 0.241. The highest BCUT2D eigenvalue weighted by molar-refractivity contribution is 5.67. The van der Waals surface area contributed by atoms with E-state index in [1.54, 1.807) is 4.90 Å². The Hall–Kier alpha value is -2.50. The molecule has 134 valence electrons. The van der Waals surface area contributed by atoms with Gasteiger partial charge in [-0.05, 0) is 24.3 Å². The summed E-state index contributed by atoms with van der Waals surface area (Å²) in [4.78, 5) is 14.0. The molecule has 2 heterocycles. The molecular formula is C19H26N4O2. The molecule has 2 N–H and O–H groups in total. The predicted molar refractivity (Wildman–Crippen MR) is 97.2 cm³/mol. The fourth-order valence-corrected chi connectivity index (χ4v) is 3.11. The molecule has 0 radical (unpaired) electrons. The van der Waals surface area contributed by atoms with Crippen molar-refractivity contribution in [2.75, 3.05) is 18.8 Å². The third-order valence-corrected chi connectivity index (χ3v) is 4.65. The van der Waals surface area contributed by atoms with Crippen molar-refractivity contribution in [3.05, 3.63) is 47.7 Å². The van der Waals surface area contributed by atoms with E-state index >= 15 is 0 Å². The van der Waals surface area contributed by atoms with Gasteiger partial charge in [-0.3, -0.25) is 0 Å². The van der Waals surface area contributed by atoms with Gasteiger partial charge in [0.1, 0.15) is 12.4 Å². The summed E-state index contributed by atoms with van der Waals surface area (Å²) in [6.07, 6.45) is 1.42. The fourth-order valence-electron chi connectivity index (χ4n) is 3.11. The van der Waals surface area contributed by atoms with Crippen molar-refractivity contribution in [3.63, 3.8) is 0 Å². The lowest BCUT2D eigenvalue weighted by molar-refractivity contribution is 0.0823. The molecule has 0 bridgehead atoms. The van der Waals surface area contributed by atoms with Crippen molar-refractivity contribution in [2.45, 2.75) is 45.3 Å². The van der Waals surface area contributed by atoms with Gasteiger partial charge < -0.3 is 15.4 Å². The van der Waals surface area contributed by atoms with Gasteiger partial charge in [0.2, 0.25) is 0 Å². The van der Waals surface area contributed by atoms with Crippen molar-refractivity contribution in [1.82, 2.24) is 14.7 Å². The number of hydrogen-bond acceptors (Lipinski definition) is 4. The topological polar surface area (TPSA) is 73.4 Å². The number of aromatic nitrogens is 2. The van der Waals surface area contributed by atoms with Crippen LogP contribution in [0.2, 0.25) is 0 Å². The van der Waals surface area contributed by atoms with E-state index in [4.69, 9.17) is 10.5 Å². The summed E-state index contributed by atoms with van der Waals surface area (Å²) in [6, 6.07) is 11.9. The Morgan fingerprint density at radius 3 is 2.56 bits per heavy atom. The van der Waals surface area contributed by atoms with Crippen LogP contribution in [0.1, 0.15) is 49.9 Å². The maximum atomic E-state index is 12.2. The molecule has 0 atom stereocenters. The van der Waals surface area contributed by atoms with Gasteiger partial charge in [-0.2, -0.15) is 5.10 Å². The number of amides is 1. The number of nitrogens with zero attached hydrogens (tertiary/aromatic N) is 3. The van der Waals surface area contributed by atoms with Crippen molar-refractivity contribution in [3.8, 4) is 0 Å². The monoisotopic (exact) mass is 342 g/mol. The standard InChI is InChI=1S/C19H26N4O2/c1-14(2)17-12-18(20)23(21-17)16-8-10-22(11-9-16)19(24)25-13-15-6-4-3-5-7-15/h3-7,12,14,16H,8-11,13,20H2,1-2H3. The Morgan fingerprint density at radius 2 is 1.96 bits per heavy atom. The lowest BCUT2D eigenvalue weighted by Crippen LogP contribution is -2.39. The number of nitrogens with two attached hydrogens (primary N) is 1. The van der Waals surface area contributed by atoms with Crippen molar-refractivity contribution >= 4 is 11.9 Å². The van der Waals surface area contributed by atoms with E-state index in [0.717, 1.165) is 24.1 Å². The average Bonchev–Trinajstić information content (AvgIpc) is 3.03. The molecule has 3 rings (SSSR count). The van der Waals surface area contributed by atoms with Crippen LogP contribution in [0.25, 0.3) is 0 Å². The highest BCUT2D eigenvalue weighted by atomic mass is 16.6. The Balaban J connectivity index is 1.52. The second-order valence-corrected chi connectivity index (χ2v) is 6.85. The minimum Gasteiger partial charge on any atom is -0.445 e. The fraction of sp³-hybridized carbons (Fsp3) is 0.474. The number of hydrogen-bond donors (Lipinski definition) is 1. The summed E-state index contributed by atoms with van der Waals surface area (Å²) in [5.41, 5.74) is 8.12. The maximum Gasteiger partial charge on any atom is 0.410 e. The number of anilines is 1. The van der Waals surface area contributed by atoms with E-state index in [0.29, 0.717) is 31.4 Å². The second-order valence-electron chi connectivity index (χ2n) is 6.85. The van der Waals surface area contributed by atoms with Crippen LogP contribution in [0.4, 0.5) is 10.6 Å². The van der Waals surface area contributed by atoms with Gasteiger partial charge in [0.25, 0.3) is 0 Å². The molecule has 1 saturated heterocycles. The molecule has 0 spiro atoms. The third kappa shape index (κ3) is 4.13. The molecule has 0 saturated carbocycles. The van der Waals surface area contributed by atoms with Crippen molar-refractivity contribution < 1.29 is 9.53 Å². The van der Waals surface area contributed by atoms with E-state index in [-0.39, 0.29) is 12.1 Å². The Kier molecular flexibility index (Phi) is 5.26. The van der Waals surface area contributed by atoms with Crippen molar-refractivity contribution in [1.29, 1.82) is 0 Å². The zero-order chi connectivity index (χ0) is 17.8. The molecule has 2 aromatic rings. The molecule has 6 nitrogen and oxygen atoms in total. The molecule has 1 fully saturated rings. The number of rotatable bonds is 4. The van der Waals surface area contributed by atoms with Gasteiger partial charge in [0.05, 0.1) is 11.7 Å². The van der Waals surface area contributed by atoms with Crippen LogP contribution in [-0.2, 0) is 11.3 Å². The van der Waals surface area contributed by atoms with Crippen LogP contribution in [0.5, 0.6) is 0 Å². The first-order valence-electron chi connectivity index (χ1n) is 8.85. The van der Waals surface area contributed by atoms with Crippen molar-refractivity contribution in [2.24, 2.45) is 0 Å². The highest BCUT2D eigenvalue weighted by Gasteiger charge is 2.26.